The number of nitrogens with zero attached hydrogens (tertiary/aromatic N) is 2. The van der Waals surface area contributed by atoms with Gasteiger partial charge in [0.05, 0.1) is 22.4 Å². The zero-order valence-corrected chi connectivity index (χ0v) is 15.3. The molecule has 1 aromatic heterocycles. The van der Waals surface area contributed by atoms with E-state index in [9.17, 15) is 0 Å². The van der Waals surface area contributed by atoms with E-state index in [4.69, 9.17) is 4.79 Å². The van der Waals surface area contributed by atoms with Gasteiger partial charge in [-0.1, -0.05) is 39.8 Å². The predicted octanol–water partition coefficient (Wildman–Crippen LogP) is 5.54. The van der Waals surface area contributed by atoms with E-state index in [0.717, 1.165) is 28.7 Å². The van der Waals surface area contributed by atoms with Gasteiger partial charge in [-0.25, -0.2) is 9.97 Å². The Labute approximate surface area is 135 Å². The molecule has 122 valence electrons. The summed E-state index contributed by atoms with van der Waals surface area (Å²) >= 11 is 0. The molecule has 1 aromatic carbocycles. The van der Waals surface area contributed by atoms with Crippen molar-refractivity contribution >= 4 is 23.4 Å². The third-order valence-electron chi connectivity index (χ3n) is 2.36. The number of allylic oxidation sites excluding steroid dienone is 1. The van der Waals surface area contributed by atoms with Gasteiger partial charge in [0, 0.05) is 0 Å². The minimum atomic E-state index is 0.750. The minimum absolute atomic E-state index is 0.750. The molecule has 0 aliphatic carbocycles. The summed E-state index contributed by atoms with van der Waals surface area (Å²) < 4.78 is 0. The second-order valence-corrected chi connectivity index (χ2v) is 3.92. The second-order valence-electron chi connectivity index (χ2n) is 3.92. The van der Waals surface area contributed by atoms with Crippen molar-refractivity contribution in [3.8, 4) is 0 Å². The van der Waals surface area contributed by atoms with E-state index in [1.54, 1.807) is 0 Å². The van der Waals surface area contributed by atoms with E-state index in [0.29, 0.717) is 0 Å². The summed E-state index contributed by atoms with van der Waals surface area (Å²) in [7, 11) is 0. The van der Waals surface area contributed by atoms with Crippen LogP contribution >= 0.6 is 0 Å². The molecule has 0 amide bonds. The molecule has 0 bridgehead atoms. The quantitative estimate of drug-likeness (QED) is 0.650. The molecule has 0 aliphatic rings. The average Bonchev–Trinajstić information content (AvgIpc) is 2.53. The summed E-state index contributed by atoms with van der Waals surface area (Å²) in [6.07, 6.45) is 4.72. The normalized spacial score (nSPS) is 8.91. The number of carbonyl (C=O) groups excluding carboxylic acids is 1. The van der Waals surface area contributed by atoms with Crippen LogP contribution in [0.25, 0.3) is 17.1 Å². The van der Waals surface area contributed by atoms with Crippen LogP contribution in [0.1, 0.15) is 58.5 Å². The molecule has 0 fully saturated rings. The van der Waals surface area contributed by atoms with E-state index in [-0.39, 0.29) is 0 Å². The highest BCUT2D eigenvalue weighted by Gasteiger charge is 2.01. The van der Waals surface area contributed by atoms with Crippen LogP contribution in [-0.4, -0.2) is 16.3 Å². The lowest BCUT2D eigenvalue weighted by molar-refractivity contribution is -0.106. The van der Waals surface area contributed by atoms with Crippen LogP contribution in [0.2, 0.25) is 0 Å². The lowest BCUT2D eigenvalue weighted by Gasteiger charge is -2.03. The van der Waals surface area contributed by atoms with Gasteiger partial charge in [0.15, 0.2) is 0 Å². The van der Waals surface area contributed by atoms with Crippen molar-refractivity contribution in [3.63, 3.8) is 0 Å². The first-order valence-corrected chi connectivity index (χ1v) is 7.89. The fourth-order valence-electron chi connectivity index (χ4n) is 1.58. The molecular formula is C19H30N2O. The third-order valence-corrected chi connectivity index (χ3v) is 2.36. The molecule has 0 radical (unpaired) electrons. The van der Waals surface area contributed by atoms with Crippen molar-refractivity contribution in [3.05, 3.63) is 41.2 Å². The van der Waals surface area contributed by atoms with Gasteiger partial charge in [0.25, 0.3) is 0 Å². The third kappa shape index (κ3) is 7.67. The van der Waals surface area contributed by atoms with Crippen molar-refractivity contribution in [2.45, 2.75) is 55.4 Å². The van der Waals surface area contributed by atoms with Crippen molar-refractivity contribution in [1.82, 2.24) is 9.97 Å². The summed E-state index contributed by atoms with van der Waals surface area (Å²) in [4.78, 5) is 17.9. The zero-order chi connectivity index (χ0) is 17.5. The number of hydrogen-bond donors (Lipinski definition) is 0. The lowest BCUT2D eigenvalue weighted by Crippen LogP contribution is -1.93. The van der Waals surface area contributed by atoms with Gasteiger partial charge >= 0.3 is 0 Å². The molecule has 2 rings (SSSR count). The van der Waals surface area contributed by atoms with Crippen LogP contribution in [-0.2, 0) is 4.79 Å². The Morgan fingerprint density at radius 2 is 1.45 bits per heavy atom. The largest absolute Gasteiger partial charge is 0.304 e. The van der Waals surface area contributed by atoms with Gasteiger partial charge in [-0.2, -0.15) is 0 Å². The minimum Gasteiger partial charge on any atom is -0.304 e. The predicted molar refractivity (Wildman–Crippen MR) is 98.2 cm³/mol. The number of aryl methyl sites for hydroxylation is 2. The number of carbonyl (C=O) groups is 1. The Morgan fingerprint density at radius 3 is 1.95 bits per heavy atom. The standard InChI is InChI=1S/C13H14N2.C2H4O.2C2H6/c1-4-5-11-10(3)14-13-8-9(2)6-7-12(13)15-11;1-2-3;2*1-2/h4-8H,1-3H3;2H,1H3;2*1-2H3/b5-4+;;;. The number of rotatable bonds is 1. The van der Waals surface area contributed by atoms with Crippen molar-refractivity contribution in [2.24, 2.45) is 0 Å². The van der Waals surface area contributed by atoms with E-state index in [1.807, 2.05) is 59.8 Å². The maximum atomic E-state index is 8.81. The number of hydrogen-bond acceptors (Lipinski definition) is 3. The first kappa shape index (κ1) is 22.3. The van der Waals surface area contributed by atoms with Gasteiger partial charge in [0.2, 0.25) is 0 Å². The van der Waals surface area contributed by atoms with Gasteiger partial charge < -0.3 is 4.79 Å². The van der Waals surface area contributed by atoms with Crippen LogP contribution in [0, 0.1) is 13.8 Å². The molecule has 0 atom stereocenters. The van der Waals surface area contributed by atoms with Gasteiger partial charge in [-0.15, -0.1) is 0 Å². The summed E-state index contributed by atoms with van der Waals surface area (Å²) in [5, 5.41) is 0. The first-order chi connectivity index (χ1) is 10.6. The smallest absolute Gasteiger partial charge is 0.116 e. The van der Waals surface area contributed by atoms with Crippen LogP contribution in [0.5, 0.6) is 0 Å². The molecule has 1 heterocycles. The number of fused-ring (bicyclic) bond motifs is 1. The molecular weight excluding hydrogens is 272 g/mol. The summed E-state index contributed by atoms with van der Waals surface area (Å²) in [5.41, 5.74) is 5.08. The molecule has 3 nitrogen and oxygen atoms in total. The fourth-order valence-corrected chi connectivity index (χ4v) is 1.58. The maximum absolute atomic E-state index is 8.81. The monoisotopic (exact) mass is 302 g/mol. The summed E-state index contributed by atoms with van der Waals surface area (Å²) in [6, 6.07) is 6.14. The van der Waals surface area contributed by atoms with Gasteiger partial charge in [-0.3, -0.25) is 0 Å². The van der Waals surface area contributed by atoms with E-state index in [2.05, 4.69) is 29.0 Å². The van der Waals surface area contributed by atoms with Crippen molar-refractivity contribution in [1.29, 1.82) is 0 Å². The molecule has 2 aromatic rings. The van der Waals surface area contributed by atoms with Crippen LogP contribution in [0.15, 0.2) is 24.3 Å². The van der Waals surface area contributed by atoms with E-state index in [1.165, 1.54) is 12.5 Å². The molecule has 0 unspecified atom stereocenters. The second kappa shape index (κ2) is 13.9. The SMILES string of the molecule is C/C=C/c1nc2ccc(C)cc2nc1C.CC.CC.CC=O. The molecule has 0 saturated heterocycles. The number of aromatic nitrogens is 2. The molecule has 22 heavy (non-hydrogen) atoms. The molecule has 0 N–H and O–H groups in total. The fraction of sp³-hybridized carbons (Fsp3) is 0.421. The van der Waals surface area contributed by atoms with Crippen molar-refractivity contribution < 1.29 is 4.79 Å². The first-order valence-electron chi connectivity index (χ1n) is 7.89. The molecule has 0 aliphatic heterocycles. The Balaban J connectivity index is 0. The Kier molecular flexibility index (Phi) is 14.1. The Morgan fingerprint density at radius 1 is 0.909 bits per heavy atom. The Hall–Kier alpha value is -2.03. The number of benzene rings is 1. The van der Waals surface area contributed by atoms with E-state index < -0.39 is 0 Å². The van der Waals surface area contributed by atoms with E-state index >= 15 is 0 Å². The Bertz CT molecular complexity index is 575. The zero-order valence-electron chi connectivity index (χ0n) is 15.3. The summed E-state index contributed by atoms with van der Waals surface area (Å²) in [6.45, 7) is 15.5. The highest BCUT2D eigenvalue weighted by molar-refractivity contribution is 5.76. The van der Waals surface area contributed by atoms with Crippen molar-refractivity contribution in [2.75, 3.05) is 0 Å². The highest BCUT2D eigenvalue weighted by Crippen LogP contribution is 2.15. The summed E-state index contributed by atoms with van der Waals surface area (Å²) in [5.74, 6) is 0. The topological polar surface area (TPSA) is 42.9 Å². The maximum Gasteiger partial charge on any atom is 0.116 e. The average molecular weight is 302 g/mol. The van der Waals surface area contributed by atoms with Gasteiger partial charge in [0.1, 0.15) is 6.29 Å². The van der Waals surface area contributed by atoms with Crippen LogP contribution in [0.3, 0.4) is 0 Å². The molecule has 0 spiro atoms. The van der Waals surface area contributed by atoms with Gasteiger partial charge in [-0.05, 0) is 51.5 Å². The lowest BCUT2D eigenvalue weighted by atomic mass is 10.2. The number of aldehydes is 1. The molecule has 3 heteroatoms. The molecule has 0 saturated carbocycles. The van der Waals surface area contributed by atoms with Crippen LogP contribution in [0.4, 0.5) is 0 Å². The van der Waals surface area contributed by atoms with Crippen LogP contribution < -0.4 is 0 Å². The highest BCUT2D eigenvalue weighted by atomic mass is 16.1.